The van der Waals surface area contributed by atoms with Crippen molar-refractivity contribution < 1.29 is 24.1 Å². The predicted octanol–water partition coefficient (Wildman–Crippen LogP) is 5.24. The van der Waals surface area contributed by atoms with Gasteiger partial charge in [0, 0.05) is 26.3 Å². The van der Waals surface area contributed by atoms with Gasteiger partial charge < -0.3 is 24.2 Å². The number of hydrogen-bond donors (Lipinski definition) is 1. The van der Waals surface area contributed by atoms with Crippen LogP contribution in [0.1, 0.15) is 25.0 Å². The molecule has 212 valence electrons. The standard InChI is InChI=1S/C27H33N7O5S/c1-33(2)22-7-5-20(6-8-22)29-31-27-28-24-10-9-23(17-25(24)40-27)39-13-4-3-12-34-18-21(30-32-34)19-38-16-15-37-14-11-26(35)36/h5-10,17-18H,3-4,11-16,19H2,1-2H3,(H,35,36). The lowest BCUT2D eigenvalue weighted by Crippen LogP contribution is -2.08. The van der Waals surface area contributed by atoms with Gasteiger partial charge in [-0.15, -0.1) is 15.3 Å². The van der Waals surface area contributed by atoms with Gasteiger partial charge in [-0.25, -0.2) is 4.98 Å². The lowest BCUT2D eigenvalue weighted by Gasteiger charge is -2.11. The number of thiazole rings is 1. The molecule has 0 unspecified atom stereocenters. The average molecular weight is 568 g/mol. The van der Waals surface area contributed by atoms with E-state index in [1.165, 1.54) is 11.3 Å². The van der Waals surface area contributed by atoms with Crippen LogP contribution in [-0.2, 0) is 27.4 Å². The number of fused-ring (bicyclic) bond motifs is 1. The topological polar surface area (TPSA) is 137 Å². The molecule has 1 N–H and O–H groups in total. The molecule has 40 heavy (non-hydrogen) atoms. The third kappa shape index (κ3) is 9.36. The maximum absolute atomic E-state index is 10.4. The second kappa shape index (κ2) is 15.0. The molecule has 4 rings (SSSR count). The van der Waals surface area contributed by atoms with Crippen molar-refractivity contribution in [3.63, 3.8) is 0 Å². The summed E-state index contributed by atoms with van der Waals surface area (Å²) in [6.45, 7) is 2.55. The molecule has 0 saturated heterocycles. The van der Waals surface area contributed by atoms with Crippen LogP contribution in [0.15, 0.2) is 58.9 Å². The number of aliphatic carboxylic acids is 1. The molecule has 0 atom stereocenters. The number of carboxylic acids is 1. The Kier molecular flexibility index (Phi) is 10.9. The molecular weight excluding hydrogens is 534 g/mol. The highest BCUT2D eigenvalue weighted by atomic mass is 32.1. The first-order valence-electron chi connectivity index (χ1n) is 12.9. The highest BCUT2D eigenvalue weighted by Crippen LogP contribution is 2.32. The highest BCUT2D eigenvalue weighted by molar-refractivity contribution is 7.21. The third-order valence-corrected chi connectivity index (χ3v) is 6.59. The van der Waals surface area contributed by atoms with Gasteiger partial charge >= 0.3 is 5.97 Å². The van der Waals surface area contributed by atoms with E-state index < -0.39 is 5.97 Å². The predicted molar refractivity (Wildman–Crippen MR) is 152 cm³/mol. The Labute approximate surface area is 236 Å². The van der Waals surface area contributed by atoms with Crippen molar-refractivity contribution in [2.75, 3.05) is 45.4 Å². The van der Waals surface area contributed by atoms with Crippen LogP contribution in [0.3, 0.4) is 0 Å². The lowest BCUT2D eigenvalue weighted by molar-refractivity contribution is -0.138. The molecule has 0 aliphatic heterocycles. The largest absolute Gasteiger partial charge is 0.494 e. The van der Waals surface area contributed by atoms with E-state index in [-0.39, 0.29) is 13.0 Å². The Hall–Kier alpha value is -3.94. The number of benzene rings is 2. The summed E-state index contributed by atoms with van der Waals surface area (Å²) in [6.07, 6.45) is 3.61. The van der Waals surface area contributed by atoms with Crippen LogP contribution in [0.25, 0.3) is 10.2 Å². The summed E-state index contributed by atoms with van der Waals surface area (Å²) in [4.78, 5) is 17.0. The van der Waals surface area contributed by atoms with Crippen molar-refractivity contribution in [3.8, 4) is 5.75 Å². The van der Waals surface area contributed by atoms with Gasteiger partial charge in [-0.05, 0) is 55.3 Å². The Morgan fingerprint density at radius 1 is 1.02 bits per heavy atom. The van der Waals surface area contributed by atoms with Crippen LogP contribution in [0, 0.1) is 0 Å². The normalized spacial score (nSPS) is 11.4. The minimum Gasteiger partial charge on any atom is -0.494 e. The molecular formula is C27H33N7O5S. The van der Waals surface area contributed by atoms with Gasteiger partial charge in [0.2, 0.25) is 5.13 Å². The lowest BCUT2D eigenvalue weighted by atomic mass is 10.3. The van der Waals surface area contributed by atoms with E-state index >= 15 is 0 Å². The monoisotopic (exact) mass is 567 g/mol. The zero-order chi connectivity index (χ0) is 28.2. The average Bonchev–Trinajstić information content (AvgIpc) is 3.57. The van der Waals surface area contributed by atoms with E-state index in [1.807, 2.05) is 67.7 Å². The SMILES string of the molecule is CN(C)c1ccc(N=Nc2nc3ccc(OCCCCn4cc(COCCOCCC(=O)O)nn4)cc3s2)cc1. The van der Waals surface area contributed by atoms with E-state index in [4.69, 9.17) is 19.3 Å². The fourth-order valence-corrected chi connectivity index (χ4v) is 4.39. The van der Waals surface area contributed by atoms with Gasteiger partial charge in [0.1, 0.15) is 11.4 Å². The summed E-state index contributed by atoms with van der Waals surface area (Å²) >= 11 is 1.48. The van der Waals surface area contributed by atoms with Gasteiger partial charge in [-0.1, -0.05) is 16.6 Å². The fraction of sp³-hybridized carbons (Fsp3) is 0.407. The summed E-state index contributed by atoms with van der Waals surface area (Å²) in [5.41, 5.74) is 3.49. The first-order valence-corrected chi connectivity index (χ1v) is 13.8. The zero-order valence-corrected chi connectivity index (χ0v) is 23.4. The van der Waals surface area contributed by atoms with Crippen molar-refractivity contribution in [2.24, 2.45) is 10.2 Å². The molecule has 0 spiro atoms. The van der Waals surface area contributed by atoms with E-state index in [9.17, 15) is 4.79 Å². The first kappa shape index (κ1) is 29.1. The van der Waals surface area contributed by atoms with Gasteiger partial charge in [-0.3, -0.25) is 9.48 Å². The maximum atomic E-state index is 10.4. The smallest absolute Gasteiger partial charge is 0.305 e. The maximum Gasteiger partial charge on any atom is 0.305 e. The number of hydrogen-bond acceptors (Lipinski definition) is 11. The van der Waals surface area contributed by atoms with E-state index in [0.717, 1.165) is 52.4 Å². The van der Waals surface area contributed by atoms with Crippen molar-refractivity contribution >= 4 is 44.0 Å². The number of anilines is 1. The molecule has 2 heterocycles. The molecule has 0 fully saturated rings. The van der Waals surface area contributed by atoms with E-state index in [2.05, 4.69) is 25.5 Å². The van der Waals surface area contributed by atoms with Crippen molar-refractivity contribution in [1.29, 1.82) is 0 Å². The van der Waals surface area contributed by atoms with Crippen molar-refractivity contribution in [1.82, 2.24) is 20.0 Å². The fourth-order valence-electron chi connectivity index (χ4n) is 3.58. The number of carboxylic acid groups (broad SMARTS) is 1. The first-order chi connectivity index (χ1) is 19.5. The molecule has 4 aromatic rings. The van der Waals surface area contributed by atoms with Crippen LogP contribution in [0.5, 0.6) is 5.75 Å². The Bertz CT molecular complexity index is 1390. The Morgan fingerprint density at radius 2 is 1.85 bits per heavy atom. The van der Waals surface area contributed by atoms with E-state index in [0.29, 0.717) is 31.6 Å². The molecule has 0 aliphatic rings. The van der Waals surface area contributed by atoms with Crippen LogP contribution in [0.2, 0.25) is 0 Å². The number of carbonyl (C=O) groups is 1. The van der Waals surface area contributed by atoms with Crippen molar-refractivity contribution in [2.45, 2.75) is 32.4 Å². The summed E-state index contributed by atoms with van der Waals surface area (Å²) < 4.78 is 19.4. The number of azo groups is 1. The minimum atomic E-state index is -0.877. The second-order valence-corrected chi connectivity index (χ2v) is 10.1. The molecule has 0 aliphatic carbocycles. The van der Waals surface area contributed by atoms with Crippen molar-refractivity contribution in [3.05, 3.63) is 54.4 Å². The third-order valence-electron chi connectivity index (χ3n) is 5.68. The highest BCUT2D eigenvalue weighted by Gasteiger charge is 2.06. The number of unbranched alkanes of at least 4 members (excludes halogenated alkanes) is 1. The number of aromatic nitrogens is 4. The zero-order valence-electron chi connectivity index (χ0n) is 22.6. The molecule has 0 amide bonds. The molecule has 0 saturated carbocycles. The molecule has 0 bridgehead atoms. The summed E-state index contributed by atoms with van der Waals surface area (Å²) in [6, 6.07) is 13.7. The van der Waals surface area contributed by atoms with Crippen LogP contribution < -0.4 is 9.64 Å². The Balaban J connectivity index is 1.14. The van der Waals surface area contributed by atoms with E-state index in [1.54, 1.807) is 4.68 Å². The summed E-state index contributed by atoms with van der Waals surface area (Å²) in [5, 5.41) is 26.0. The minimum absolute atomic E-state index is 0.0108. The number of nitrogens with zero attached hydrogens (tertiary/aromatic N) is 7. The van der Waals surface area contributed by atoms with Gasteiger partial charge in [0.15, 0.2) is 0 Å². The molecule has 12 nitrogen and oxygen atoms in total. The molecule has 13 heteroatoms. The van der Waals surface area contributed by atoms with Crippen LogP contribution in [0.4, 0.5) is 16.5 Å². The number of aryl methyl sites for hydroxylation is 1. The second-order valence-electron chi connectivity index (χ2n) is 9.07. The van der Waals surface area contributed by atoms with Gasteiger partial charge in [0.25, 0.3) is 0 Å². The van der Waals surface area contributed by atoms with Gasteiger partial charge in [0.05, 0.1) is 61.6 Å². The molecule has 0 radical (unpaired) electrons. The molecule has 2 aromatic carbocycles. The van der Waals surface area contributed by atoms with Gasteiger partial charge in [-0.2, -0.15) is 0 Å². The Morgan fingerprint density at radius 3 is 2.65 bits per heavy atom. The summed E-state index contributed by atoms with van der Waals surface area (Å²) in [5.74, 6) is -0.0795. The number of ether oxygens (including phenoxy) is 3. The van der Waals surface area contributed by atoms with Crippen LogP contribution >= 0.6 is 11.3 Å². The summed E-state index contributed by atoms with van der Waals surface area (Å²) in [7, 11) is 4.00. The van der Waals surface area contributed by atoms with Crippen LogP contribution in [-0.4, -0.2) is 71.6 Å². The quantitative estimate of drug-likeness (QED) is 0.134. The molecule has 2 aromatic heterocycles. The number of rotatable bonds is 17.